The van der Waals surface area contributed by atoms with Crippen LogP contribution in [0.2, 0.25) is 0 Å². The lowest BCUT2D eigenvalue weighted by molar-refractivity contribution is -0.120. The Morgan fingerprint density at radius 2 is 2.00 bits per heavy atom. The van der Waals surface area contributed by atoms with Crippen molar-refractivity contribution in [1.82, 2.24) is 5.32 Å². The van der Waals surface area contributed by atoms with E-state index >= 15 is 0 Å². The molecule has 114 valence electrons. The van der Waals surface area contributed by atoms with E-state index in [2.05, 4.69) is 17.4 Å². The average Bonchev–Trinajstić information content (AvgIpc) is 2.97. The normalized spacial score (nSPS) is 28.1. The summed E-state index contributed by atoms with van der Waals surface area (Å²) in [6.07, 6.45) is 5.84. The van der Waals surface area contributed by atoms with Gasteiger partial charge in [0.15, 0.2) is 0 Å². The summed E-state index contributed by atoms with van der Waals surface area (Å²) in [5.74, 6) is 2.06. The van der Waals surface area contributed by atoms with Crippen molar-refractivity contribution < 1.29 is 4.79 Å². The Hall–Kier alpha value is -0.670. The summed E-state index contributed by atoms with van der Waals surface area (Å²) in [5, 5.41) is 3.22. The molecule has 3 rings (SSSR count). The number of carbonyl (C=O) groups excluding carboxylic acids is 1. The Bertz CT molecular complexity index is 482. The summed E-state index contributed by atoms with van der Waals surface area (Å²) in [4.78, 5) is 13.6. The minimum absolute atomic E-state index is 0.0421. The monoisotopic (exact) mass is 323 g/mol. The molecule has 0 aromatic heterocycles. The number of carbonyl (C=O) groups is 1. The van der Waals surface area contributed by atoms with Gasteiger partial charge in [-0.25, -0.2) is 0 Å². The highest BCUT2D eigenvalue weighted by atomic mass is 35.5. The molecule has 1 fully saturated rings. The van der Waals surface area contributed by atoms with Crippen molar-refractivity contribution in [1.29, 1.82) is 0 Å². The molecule has 1 amide bonds. The third-order valence-corrected chi connectivity index (χ3v) is 6.46. The SMILES string of the molecule is O=C(NCC1CCCCC1CCl)C1Cc2ccccc2S1. The molecule has 1 aromatic carbocycles. The number of alkyl halides is 1. The van der Waals surface area contributed by atoms with Crippen LogP contribution in [0.4, 0.5) is 0 Å². The van der Waals surface area contributed by atoms with Gasteiger partial charge in [0, 0.05) is 17.3 Å². The lowest BCUT2D eigenvalue weighted by atomic mass is 9.80. The van der Waals surface area contributed by atoms with E-state index < -0.39 is 0 Å². The van der Waals surface area contributed by atoms with E-state index in [4.69, 9.17) is 11.6 Å². The molecule has 0 bridgehead atoms. The smallest absolute Gasteiger partial charge is 0.233 e. The molecule has 2 nitrogen and oxygen atoms in total. The van der Waals surface area contributed by atoms with Crippen molar-refractivity contribution in [3.63, 3.8) is 0 Å². The maximum Gasteiger partial charge on any atom is 0.233 e. The second kappa shape index (κ2) is 7.06. The highest BCUT2D eigenvalue weighted by molar-refractivity contribution is 8.01. The Morgan fingerprint density at radius 3 is 2.76 bits per heavy atom. The van der Waals surface area contributed by atoms with Crippen LogP contribution in [0, 0.1) is 11.8 Å². The van der Waals surface area contributed by atoms with Crippen molar-refractivity contribution >= 4 is 29.3 Å². The molecule has 1 aromatic rings. The fourth-order valence-corrected chi connectivity index (χ4v) is 5.06. The average molecular weight is 324 g/mol. The molecule has 1 aliphatic carbocycles. The number of hydrogen-bond acceptors (Lipinski definition) is 2. The van der Waals surface area contributed by atoms with Gasteiger partial charge >= 0.3 is 0 Å². The number of benzene rings is 1. The van der Waals surface area contributed by atoms with Crippen molar-refractivity contribution in [3.8, 4) is 0 Å². The Morgan fingerprint density at radius 1 is 1.24 bits per heavy atom. The van der Waals surface area contributed by atoms with Gasteiger partial charge in [0.25, 0.3) is 0 Å². The molecule has 1 N–H and O–H groups in total. The number of amides is 1. The van der Waals surface area contributed by atoms with Gasteiger partial charge in [-0.2, -0.15) is 0 Å². The first-order valence-corrected chi connectivity index (χ1v) is 9.27. The molecule has 1 heterocycles. The van der Waals surface area contributed by atoms with E-state index in [0.29, 0.717) is 11.8 Å². The lowest BCUT2D eigenvalue weighted by Crippen LogP contribution is -2.39. The molecule has 3 unspecified atom stereocenters. The summed E-state index contributed by atoms with van der Waals surface area (Å²) >= 11 is 7.76. The molecule has 2 aliphatic rings. The predicted molar refractivity (Wildman–Crippen MR) is 89.0 cm³/mol. The fraction of sp³-hybridized carbons (Fsp3) is 0.588. The number of nitrogens with one attached hydrogen (secondary N) is 1. The van der Waals surface area contributed by atoms with Gasteiger partial charge in [0.05, 0.1) is 5.25 Å². The van der Waals surface area contributed by atoms with Gasteiger partial charge in [-0.1, -0.05) is 31.0 Å². The predicted octanol–water partition coefficient (Wildman–Crippen LogP) is 3.86. The highest BCUT2D eigenvalue weighted by Crippen LogP contribution is 2.37. The molecule has 1 saturated carbocycles. The van der Waals surface area contributed by atoms with Crippen LogP contribution in [0.25, 0.3) is 0 Å². The molecule has 0 spiro atoms. The largest absolute Gasteiger partial charge is 0.355 e. The summed E-state index contributed by atoms with van der Waals surface area (Å²) < 4.78 is 0. The van der Waals surface area contributed by atoms with Crippen LogP contribution < -0.4 is 5.32 Å². The van der Waals surface area contributed by atoms with Crippen LogP contribution in [0.1, 0.15) is 31.2 Å². The van der Waals surface area contributed by atoms with Crippen molar-refractivity contribution in [2.45, 2.75) is 42.2 Å². The molecule has 1 aliphatic heterocycles. The van der Waals surface area contributed by atoms with Crippen LogP contribution in [-0.4, -0.2) is 23.6 Å². The first-order valence-electron chi connectivity index (χ1n) is 7.86. The Labute approximate surface area is 136 Å². The first kappa shape index (κ1) is 15.2. The lowest BCUT2D eigenvalue weighted by Gasteiger charge is -2.30. The number of thioether (sulfide) groups is 1. The van der Waals surface area contributed by atoms with Crippen LogP contribution in [0.3, 0.4) is 0 Å². The Balaban J connectivity index is 1.51. The quantitative estimate of drug-likeness (QED) is 0.852. The molecule has 0 radical (unpaired) electrons. The zero-order valence-corrected chi connectivity index (χ0v) is 13.8. The van der Waals surface area contributed by atoms with E-state index in [1.165, 1.54) is 36.1 Å². The van der Waals surface area contributed by atoms with Crippen LogP contribution in [-0.2, 0) is 11.2 Å². The second-order valence-electron chi connectivity index (χ2n) is 6.12. The topological polar surface area (TPSA) is 29.1 Å². The van der Waals surface area contributed by atoms with E-state index in [0.717, 1.165) is 18.8 Å². The zero-order valence-electron chi connectivity index (χ0n) is 12.2. The van der Waals surface area contributed by atoms with E-state index in [-0.39, 0.29) is 11.2 Å². The van der Waals surface area contributed by atoms with Gasteiger partial charge in [-0.3, -0.25) is 4.79 Å². The van der Waals surface area contributed by atoms with Gasteiger partial charge in [0.2, 0.25) is 5.91 Å². The number of hydrogen-bond donors (Lipinski definition) is 1. The molecule has 0 saturated heterocycles. The van der Waals surface area contributed by atoms with Gasteiger partial charge < -0.3 is 5.32 Å². The molecule has 3 atom stereocenters. The third kappa shape index (κ3) is 3.57. The third-order valence-electron chi connectivity index (χ3n) is 4.74. The number of fused-ring (bicyclic) bond motifs is 1. The maximum atomic E-state index is 12.4. The van der Waals surface area contributed by atoms with Crippen LogP contribution in [0.5, 0.6) is 0 Å². The Kier molecular flexibility index (Phi) is 5.12. The number of rotatable bonds is 4. The molecular weight excluding hydrogens is 302 g/mol. The van der Waals surface area contributed by atoms with Gasteiger partial charge in [0.1, 0.15) is 0 Å². The molecule has 4 heteroatoms. The van der Waals surface area contributed by atoms with E-state index in [9.17, 15) is 4.79 Å². The van der Waals surface area contributed by atoms with E-state index in [1.54, 1.807) is 11.8 Å². The summed E-state index contributed by atoms with van der Waals surface area (Å²) in [5.41, 5.74) is 1.30. The summed E-state index contributed by atoms with van der Waals surface area (Å²) in [6, 6.07) is 8.32. The molecular formula is C17H22ClNOS. The van der Waals surface area contributed by atoms with Crippen LogP contribution >= 0.6 is 23.4 Å². The van der Waals surface area contributed by atoms with E-state index in [1.807, 2.05) is 12.1 Å². The molecule has 21 heavy (non-hydrogen) atoms. The standard InChI is InChI=1S/C17H22ClNOS/c18-10-13-6-1-2-7-14(13)11-19-17(20)16-9-12-5-3-4-8-15(12)21-16/h3-5,8,13-14,16H,1-2,6-7,9-11H2,(H,19,20). The number of halogens is 1. The van der Waals surface area contributed by atoms with Gasteiger partial charge in [-0.15, -0.1) is 23.4 Å². The minimum atomic E-state index is 0.0421. The second-order valence-corrected chi connectivity index (χ2v) is 7.68. The van der Waals surface area contributed by atoms with Crippen LogP contribution in [0.15, 0.2) is 29.2 Å². The van der Waals surface area contributed by atoms with Crippen molar-refractivity contribution in [3.05, 3.63) is 29.8 Å². The summed E-state index contributed by atoms with van der Waals surface area (Å²) in [6.45, 7) is 0.795. The van der Waals surface area contributed by atoms with Gasteiger partial charge in [-0.05, 0) is 42.7 Å². The van der Waals surface area contributed by atoms with Crippen molar-refractivity contribution in [2.24, 2.45) is 11.8 Å². The highest BCUT2D eigenvalue weighted by Gasteiger charge is 2.29. The van der Waals surface area contributed by atoms with Crippen molar-refractivity contribution in [2.75, 3.05) is 12.4 Å². The minimum Gasteiger partial charge on any atom is -0.355 e. The first-order chi connectivity index (χ1) is 10.3. The zero-order chi connectivity index (χ0) is 14.7. The maximum absolute atomic E-state index is 12.4. The fourth-order valence-electron chi connectivity index (χ4n) is 3.43. The summed E-state index contributed by atoms with van der Waals surface area (Å²) in [7, 11) is 0.